The Morgan fingerprint density at radius 3 is 2.23 bits per heavy atom. The highest BCUT2D eigenvalue weighted by Gasteiger charge is 2.71. The van der Waals surface area contributed by atoms with Gasteiger partial charge in [-0.25, -0.2) is 9.97 Å². The molecule has 10 nitrogen and oxygen atoms in total. The highest BCUT2D eigenvalue weighted by Crippen LogP contribution is 2.77. The number of ether oxygens (including phenoxy) is 1. The van der Waals surface area contributed by atoms with Gasteiger partial charge in [0.15, 0.2) is 5.78 Å². The number of likely N-dealkylation sites (N-methyl/N-ethyl adjacent to an activating group) is 1. The SMILES string of the molecule is CC(C)C1=C2[C@H]3CC[C@@H]4[C@@]5(C)CC[C@H](OC(=O)CC(C)(C)C(=O)O)C(C)(C)[C@@H]5CC[C@@]4(C)[C@]3(C)CC[C@@]2([C@@H](O)CN(CCN(C)C)Cc2ncccn2)CC1=O. The van der Waals surface area contributed by atoms with Crippen LogP contribution < -0.4 is 0 Å². The van der Waals surface area contributed by atoms with Gasteiger partial charge in [-0.3, -0.25) is 19.3 Å². The zero-order chi connectivity index (χ0) is 41.2. The Balaban J connectivity index is 1.29. The second-order valence-electron chi connectivity index (χ2n) is 21.3. The molecule has 0 radical (unpaired) electrons. The first kappa shape index (κ1) is 42.9. The van der Waals surface area contributed by atoms with Crippen LogP contribution >= 0.6 is 0 Å². The average molecular weight is 777 g/mol. The van der Waals surface area contributed by atoms with Crippen LogP contribution in [0.15, 0.2) is 29.6 Å². The number of carboxylic acid groups (broad SMARTS) is 1. The summed E-state index contributed by atoms with van der Waals surface area (Å²) in [5.74, 6) is 0.708. The Kier molecular flexibility index (Phi) is 11.6. The number of rotatable bonds is 13. The topological polar surface area (TPSA) is 133 Å². The van der Waals surface area contributed by atoms with Crippen LogP contribution in [0.25, 0.3) is 0 Å². The molecule has 56 heavy (non-hydrogen) atoms. The van der Waals surface area contributed by atoms with Gasteiger partial charge in [-0.2, -0.15) is 0 Å². The lowest BCUT2D eigenvalue weighted by Gasteiger charge is -2.72. The van der Waals surface area contributed by atoms with Gasteiger partial charge in [0, 0.05) is 49.3 Å². The van der Waals surface area contributed by atoms with Crippen LogP contribution in [-0.4, -0.2) is 93.6 Å². The number of carboxylic acids is 1. The van der Waals surface area contributed by atoms with E-state index in [1.54, 1.807) is 26.2 Å². The molecule has 5 aliphatic rings. The van der Waals surface area contributed by atoms with Crippen molar-refractivity contribution in [1.29, 1.82) is 0 Å². The lowest BCUT2D eigenvalue weighted by atomic mass is 9.33. The van der Waals surface area contributed by atoms with Crippen LogP contribution in [0.4, 0.5) is 0 Å². The van der Waals surface area contributed by atoms with E-state index in [2.05, 4.69) is 82.3 Å². The van der Waals surface area contributed by atoms with Crippen molar-refractivity contribution in [3.63, 3.8) is 0 Å². The first-order valence-corrected chi connectivity index (χ1v) is 21.5. The van der Waals surface area contributed by atoms with Crippen molar-refractivity contribution in [2.24, 2.45) is 56.2 Å². The van der Waals surface area contributed by atoms with Crippen LogP contribution in [0, 0.1) is 56.2 Å². The van der Waals surface area contributed by atoms with E-state index >= 15 is 0 Å². The highest BCUT2D eigenvalue weighted by molar-refractivity contribution is 6.00. The van der Waals surface area contributed by atoms with Gasteiger partial charge in [0.05, 0.1) is 24.5 Å². The van der Waals surface area contributed by atoms with E-state index in [9.17, 15) is 24.6 Å². The summed E-state index contributed by atoms with van der Waals surface area (Å²) in [7, 11) is 4.13. The van der Waals surface area contributed by atoms with Crippen molar-refractivity contribution < 1.29 is 29.3 Å². The third-order valence-electron chi connectivity index (χ3n) is 16.8. The maximum absolute atomic E-state index is 14.3. The zero-order valence-corrected chi connectivity index (χ0v) is 36.4. The number of aliphatic hydroxyl groups excluding tert-OH is 1. The molecule has 6 rings (SSSR count). The van der Waals surface area contributed by atoms with E-state index in [4.69, 9.17) is 4.74 Å². The fraction of sp³-hybridized carbons (Fsp3) is 0.804. The summed E-state index contributed by atoms with van der Waals surface area (Å²) in [5, 5.41) is 22.3. The summed E-state index contributed by atoms with van der Waals surface area (Å²) in [6.07, 6.45) is 10.6. The monoisotopic (exact) mass is 777 g/mol. The Morgan fingerprint density at radius 2 is 1.61 bits per heavy atom. The smallest absolute Gasteiger partial charge is 0.309 e. The average Bonchev–Trinajstić information content (AvgIpc) is 3.42. The van der Waals surface area contributed by atoms with Gasteiger partial charge in [-0.05, 0) is 131 Å². The van der Waals surface area contributed by atoms with Crippen molar-refractivity contribution in [1.82, 2.24) is 19.8 Å². The number of Topliss-reactive ketones (excluding diaryl/α,β-unsaturated/α-hetero) is 1. The molecule has 0 aliphatic heterocycles. The van der Waals surface area contributed by atoms with Crippen molar-refractivity contribution in [3.8, 4) is 0 Å². The van der Waals surface area contributed by atoms with Crippen LogP contribution in [0.2, 0.25) is 0 Å². The molecule has 4 saturated carbocycles. The molecule has 9 atom stereocenters. The molecular weight excluding hydrogens is 705 g/mol. The highest BCUT2D eigenvalue weighted by atomic mass is 16.5. The normalized spacial score (nSPS) is 35.9. The van der Waals surface area contributed by atoms with Gasteiger partial charge >= 0.3 is 11.9 Å². The molecule has 1 aromatic heterocycles. The molecular formula is C46H72N4O6. The lowest BCUT2D eigenvalue weighted by Crippen LogP contribution is -2.66. The van der Waals surface area contributed by atoms with Gasteiger partial charge in [0.25, 0.3) is 0 Å². The van der Waals surface area contributed by atoms with E-state index in [1.807, 2.05) is 6.07 Å². The number of fused-ring (bicyclic) bond motifs is 7. The number of aliphatic carboxylic acids is 1. The Labute approximate surface area is 336 Å². The van der Waals surface area contributed by atoms with Gasteiger partial charge in [-0.1, -0.05) is 54.0 Å². The van der Waals surface area contributed by atoms with E-state index in [0.29, 0.717) is 31.3 Å². The Hall–Kier alpha value is -2.69. The number of ketones is 1. The number of aromatic nitrogens is 2. The molecule has 0 saturated heterocycles. The molecule has 1 aromatic rings. The molecule has 4 fully saturated rings. The number of allylic oxidation sites excluding steroid dienone is 1. The van der Waals surface area contributed by atoms with E-state index < -0.39 is 28.9 Å². The second-order valence-corrected chi connectivity index (χ2v) is 21.3. The number of carbonyl (C=O) groups is 3. The number of nitrogens with zero attached hydrogens (tertiary/aromatic N) is 4. The zero-order valence-electron chi connectivity index (χ0n) is 36.4. The molecule has 312 valence electrons. The summed E-state index contributed by atoms with van der Waals surface area (Å²) in [5.41, 5.74) is 0.328. The molecule has 0 bridgehead atoms. The number of hydrogen-bond donors (Lipinski definition) is 2. The van der Waals surface area contributed by atoms with Crippen molar-refractivity contribution in [3.05, 3.63) is 35.4 Å². The predicted octanol–water partition coefficient (Wildman–Crippen LogP) is 7.59. The Morgan fingerprint density at radius 1 is 0.929 bits per heavy atom. The summed E-state index contributed by atoms with van der Waals surface area (Å²) >= 11 is 0. The van der Waals surface area contributed by atoms with Crippen molar-refractivity contribution >= 4 is 17.7 Å². The van der Waals surface area contributed by atoms with E-state index in [0.717, 1.165) is 75.9 Å². The maximum atomic E-state index is 14.3. The van der Waals surface area contributed by atoms with E-state index in [-0.39, 0.29) is 51.8 Å². The van der Waals surface area contributed by atoms with Crippen LogP contribution in [0.3, 0.4) is 0 Å². The number of aliphatic hydroxyl groups is 1. The molecule has 0 unspecified atom stereocenters. The summed E-state index contributed by atoms with van der Waals surface area (Å²) < 4.78 is 6.19. The van der Waals surface area contributed by atoms with Crippen LogP contribution in [0.1, 0.15) is 132 Å². The van der Waals surface area contributed by atoms with E-state index in [1.165, 1.54) is 5.57 Å². The minimum Gasteiger partial charge on any atom is -0.481 e. The third kappa shape index (κ3) is 7.09. The molecule has 0 aromatic carbocycles. The number of carbonyl (C=O) groups excluding carboxylic acids is 2. The Bertz CT molecular complexity index is 1690. The predicted molar refractivity (Wildman–Crippen MR) is 217 cm³/mol. The van der Waals surface area contributed by atoms with Crippen LogP contribution in [0.5, 0.6) is 0 Å². The van der Waals surface area contributed by atoms with Crippen molar-refractivity contribution in [2.75, 3.05) is 33.7 Å². The van der Waals surface area contributed by atoms with Gasteiger partial charge < -0.3 is 19.8 Å². The summed E-state index contributed by atoms with van der Waals surface area (Å²) in [6, 6.07) is 1.83. The standard InChI is InChI=1S/C46H72N4O6/c1-29(2)38-31(51)25-46(34(52)27-50(24-23-49(10)11)28-36-47-21-12-22-48-36)20-19-44(8)30(39(38)46)13-14-33-43(7)17-16-35(56-37(53)26-41(3,4)40(54)55)42(5,6)32(43)15-18-45(33,44)9/h12,21-22,29-30,32-35,52H,13-20,23-28H2,1-11H3,(H,54,55)/t30-,32+,33-,34+,35+,43+,44-,45-,46+/m1/s1. The maximum Gasteiger partial charge on any atom is 0.309 e. The minimum atomic E-state index is -1.17. The lowest BCUT2D eigenvalue weighted by molar-refractivity contribution is -0.235. The summed E-state index contributed by atoms with van der Waals surface area (Å²) in [6.45, 7) is 22.3. The first-order valence-electron chi connectivity index (χ1n) is 21.5. The molecule has 5 aliphatic carbocycles. The largest absolute Gasteiger partial charge is 0.481 e. The third-order valence-corrected chi connectivity index (χ3v) is 16.8. The minimum absolute atomic E-state index is 0.0342. The second kappa shape index (κ2) is 15.2. The number of esters is 1. The fourth-order valence-corrected chi connectivity index (χ4v) is 13.5. The summed E-state index contributed by atoms with van der Waals surface area (Å²) in [4.78, 5) is 52.7. The molecule has 2 N–H and O–H groups in total. The van der Waals surface area contributed by atoms with Crippen molar-refractivity contribution in [2.45, 2.75) is 145 Å². The van der Waals surface area contributed by atoms with Gasteiger partial charge in [-0.15, -0.1) is 0 Å². The fourth-order valence-electron chi connectivity index (χ4n) is 13.5. The molecule has 1 heterocycles. The van der Waals surface area contributed by atoms with Gasteiger partial charge in [0.1, 0.15) is 11.9 Å². The van der Waals surface area contributed by atoms with Crippen LogP contribution in [-0.2, 0) is 25.7 Å². The quantitative estimate of drug-likeness (QED) is 0.193. The van der Waals surface area contributed by atoms with Gasteiger partial charge in [0.2, 0.25) is 0 Å². The number of hydrogen-bond acceptors (Lipinski definition) is 9. The molecule has 0 spiro atoms. The first-order chi connectivity index (χ1) is 26.0. The molecule has 0 amide bonds. The molecule has 10 heteroatoms.